The number of carbonyl (C=O) groups excluding carboxylic acids is 1. The molecule has 0 bridgehead atoms. The molecule has 1 fully saturated rings. The van der Waals surface area contributed by atoms with Gasteiger partial charge < -0.3 is 14.9 Å². The zero-order chi connectivity index (χ0) is 10.7. The summed E-state index contributed by atoms with van der Waals surface area (Å²) in [6.45, 7) is 3.13. The minimum Gasteiger partial charge on any atom is -0.481 e. The van der Waals surface area contributed by atoms with Gasteiger partial charge in [-0.2, -0.15) is 0 Å². The second-order valence-corrected chi connectivity index (χ2v) is 3.61. The van der Waals surface area contributed by atoms with E-state index in [1.165, 1.54) is 0 Å². The molecule has 1 atom stereocenters. The van der Waals surface area contributed by atoms with Gasteiger partial charge in [0, 0.05) is 20.1 Å². The van der Waals surface area contributed by atoms with Gasteiger partial charge in [0.15, 0.2) is 0 Å². The van der Waals surface area contributed by atoms with Gasteiger partial charge in [0.1, 0.15) is 0 Å². The Morgan fingerprint density at radius 2 is 2.29 bits per heavy atom. The number of amides is 2. The van der Waals surface area contributed by atoms with E-state index in [0.717, 1.165) is 6.42 Å². The Morgan fingerprint density at radius 3 is 2.79 bits per heavy atom. The number of carboxylic acid groups (broad SMARTS) is 1. The van der Waals surface area contributed by atoms with Crippen LogP contribution in [-0.2, 0) is 4.79 Å². The van der Waals surface area contributed by atoms with E-state index >= 15 is 0 Å². The molecule has 0 radical (unpaired) electrons. The lowest BCUT2D eigenvalue weighted by molar-refractivity contribution is -0.137. The molecule has 2 amide bonds. The number of nitrogens with zero attached hydrogens (tertiary/aromatic N) is 2. The van der Waals surface area contributed by atoms with Crippen molar-refractivity contribution in [3.63, 3.8) is 0 Å². The van der Waals surface area contributed by atoms with E-state index in [0.29, 0.717) is 13.1 Å². The molecule has 1 rings (SSSR count). The second-order valence-electron chi connectivity index (χ2n) is 3.61. The third kappa shape index (κ3) is 2.16. The molecule has 0 spiro atoms. The second kappa shape index (κ2) is 4.30. The molecular formula is C9H16N2O3. The maximum absolute atomic E-state index is 11.5. The van der Waals surface area contributed by atoms with Gasteiger partial charge in [-0.3, -0.25) is 4.79 Å². The Hall–Kier alpha value is -1.26. The number of hydrogen-bond donors (Lipinski definition) is 1. The van der Waals surface area contributed by atoms with Crippen LogP contribution in [0, 0.1) is 0 Å². The summed E-state index contributed by atoms with van der Waals surface area (Å²) >= 11 is 0. The fraction of sp³-hybridized carbons (Fsp3) is 0.778. The van der Waals surface area contributed by atoms with Crippen LogP contribution in [0.3, 0.4) is 0 Å². The first-order valence-electron chi connectivity index (χ1n) is 4.79. The van der Waals surface area contributed by atoms with Crippen molar-refractivity contribution < 1.29 is 14.7 Å². The molecule has 1 aliphatic rings. The standard InChI is InChI=1S/C9H16N2O3/c1-3-4-11-7(5-8(12)13)6-10(2)9(11)14/h7H,3-6H2,1-2H3,(H,12,13). The quantitative estimate of drug-likeness (QED) is 0.723. The highest BCUT2D eigenvalue weighted by molar-refractivity contribution is 5.78. The molecule has 0 aromatic heterocycles. The van der Waals surface area contributed by atoms with Gasteiger partial charge in [-0.15, -0.1) is 0 Å². The van der Waals surface area contributed by atoms with Crippen molar-refractivity contribution >= 4 is 12.0 Å². The number of rotatable bonds is 4. The molecule has 1 heterocycles. The van der Waals surface area contributed by atoms with Crippen LogP contribution in [0.25, 0.3) is 0 Å². The molecule has 5 heteroatoms. The van der Waals surface area contributed by atoms with Gasteiger partial charge in [-0.1, -0.05) is 6.92 Å². The number of urea groups is 1. The lowest BCUT2D eigenvalue weighted by Gasteiger charge is -2.20. The number of carbonyl (C=O) groups is 2. The molecule has 1 aliphatic heterocycles. The van der Waals surface area contributed by atoms with E-state index in [1.807, 2.05) is 6.92 Å². The zero-order valence-corrected chi connectivity index (χ0v) is 8.56. The van der Waals surface area contributed by atoms with E-state index in [9.17, 15) is 9.59 Å². The maximum atomic E-state index is 11.5. The SMILES string of the molecule is CCCN1C(=O)N(C)CC1CC(=O)O. The highest BCUT2D eigenvalue weighted by Gasteiger charge is 2.35. The van der Waals surface area contributed by atoms with Crippen molar-refractivity contribution in [3.8, 4) is 0 Å². The Kier molecular flexibility index (Phi) is 3.33. The summed E-state index contributed by atoms with van der Waals surface area (Å²) in [5.41, 5.74) is 0. The molecule has 14 heavy (non-hydrogen) atoms. The third-order valence-electron chi connectivity index (χ3n) is 2.37. The van der Waals surface area contributed by atoms with Gasteiger partial charge in [0.2, 0.25) is 0 Å². The Labute approximate surface area is 83.3 Å². The van der Waals surface area contributed by atoms with Crippen LogP contribution < -0.4 is 0 Å². The third-order valence-corrected chi connectivity index (χ3v) is 2.37. The van der Waals surface area contributed by atoms with E-state index < -0.39 is 5.97 Å². The minimum absolute atomic E-state index is 0.0378. The summed E-state index contributed by atoms with van der Waals surface area (Å²) < 4.78 is 0. The summed E-state index contributed by atoms with van der Waals surface area (Å²) in [5, 5.41) is 8.68. The number of aliphatic carboxylic acids is 1. The number of hydrogen-bond acceptors (Lipinski definition) is 2. The topological polar surface area (TPSA) is 60.9 Å². The highest BCUT2D eigenvalue weighted by Crippen LogP contribution is 2.17. The highest BCUT2D eigenvalue weighted by atomic mass is 16.4. The van der Waals surface area contributed by atoms with Crippen LogP contribution in [0.4, 0.5) is 4.79 Å². The van der Waals surface area contributed by atoms with Gasteiger partial charge in [0.25, 0.3) is 0 Å². The Balaban J connectivity index is 2.64. The minimum atomic E-state index is -0.848. The normalized spacial score (nSPS) is 21.9. The summed E-state index contributed by atoms with van der Waals surface area (Å²) in [6.07, 6.45) is 0.895. The maximum Gasteiger partial charge on any atom is 0.320 e. The van der Waals surface area contributed by atoms with Gasteiger partial charge in [-0.05, 0) is 6.42 Å². The van der Waals surface area contributed by atoms with Crippen LogP contribution in [0.2, 0.25) is 0 Å². The molecular weight excluding hydrogens is 184 g/mol. The molecule has 1 saturated heterocycles. The first-order valence-corrected chi connectivity index (χ1v) is 4.79. The molecule has 0 aromatic carbocycles. The predicted molar refractivity (Wildman–Crippen MR) is 51.1 cm³/mol. The average molecular weight is 200 g/mol. The van der Waals surface area contributed by atoms with E-state index in [4.69, 9.17) is 5.11 Å². The van der Waals surface area contributed by atoms with Crippen molar-refractivity contribution in [3.05, 3.63) is 0 Å². The van der Waals surface area contributed by atoms with E-state index in [1.54, 1.807) is 16.8 Å². The Morgan fingerprint density at radius 1 is 1.64 bits per heavy atom. The van der Waals surface area contributed by atoms with E-state index in [-0.39, 0.29) is 18.5 Å². The van der Waals surface area contributed by atoms with Gasteiger partial charge in [-0.25, -0.2) is 4.79 Å². The van der Waals surface area contributed by atoms with Crippen LogP contribution in [0.15, 0.2) is 0 Å². The van der Waals surface area contributed by atoms with Crippen molar-refractivity contribution in [1.29, 1.82) is 0 Å². The number of carboxylic acids is 1. The van der Waals surface area contributed by atoms with Gasteiger partial charge in [0.05, 0.1) is 12.5 Å². The molecule has 80 valence electrons. The van der Waals surface area contributed by atoms with E-state index in [2.05, 4.69) is 0 Å². The summed E-state index contributed by atoms with van der Waals surface area (Å²) in [7, 11) is 1.70. The largest absolute Gasteiger partial charge is 0.481 e. The van der Waals surface area contributed by atoms with Crippen LogP contribution in [0.1, 0.15) is 19.8 Å². The molecule has 1 unspecified atom stereocenters. The summed E-state index contributed by atoms with van der Waals surface area (Å²) in [6, 6.07) is -0.219. The fourth-order valence-electron chi connectivity index (χ4n) is 1.76. The monoisotopic (exact) mass is 200 g/mol. The van der Waals surface area contributed by atoms with Crippen LogP contribution in [-0.4, -0.2) is 53.1 Å². The van der Waals surface area contributed by atoms with Crippen molar-refractivity contribution in [2.45, 2.75) is 25.8 Å². The van der Waals surface area contributed by atoms with Crippen LogP contribution >= 0.6 is 0 Å². The summed E-state index contributed by atoms with van der Waals surface area (Å²) in [5.74, 6) is -0.848. The molecule has 0 aromatic rings. The van der Waals surface area contributed by atoms with Crippen molar-refractivity contribution in [2.24, 2.45) is 0 Å². The molecule has 0 aliphatic carbocycles. The first kappa shape index (κ1) is 10.8. The van der Waals surface area contributed by atoms with Crippen molar-refractivity contribution in [2.75, 3.05) is 20.1 Å². The summed E-state index contributed by atoms with van der Waals surface area (Å²) in [4.78, 5) is 25.3. The predicted octanol–water partition coefficient (Wildman–Crippen LogP) is 0.607. The van der Waals surface area contributed by atoms with Crippen molar-refractivity contribution in [1.82, 2.24) is 9.80 Å². The molecule has 5 nitrogen and oxygen atoms in total. The molecule has 1 N–H and O–H groups in total. The first-order chi connectivity index (χ1) is 6.56. The lowest BCUT2D eigenvalue weighted by atomic mass is 10.2. The van der Waals surface area contributed by atoms with Crippen LogP contribution in [0.5, 0.6) is 0 Å². The lowest BCUT2D eigenvalue weighted by Crippen LogP contribution is -2.36. The molecule has 0 saturated carbocycles. The Bertz CT molecular complexity index is 242. The van der Waals surface area contributed by atoms with Gasteiger partial charge >= 0.3 is 12.0 Å². The number of likely N-dealkylation sites (N-methyl/N-ethyl adjacent to an activating group) is 1. The fourth-order valence-corrected chi connectivity index (χ4v) is 1.76. The average Bonchev–Trinajstić information content (AvgIpc) is 2.32. The smallest absolute Gasteiger partial charge is 0.320 e. The zero-order valence-electron chi connectivity index (χ0n) is 8.56.